The first-order valence-electron chi connectivity index (χ1n) is 6.53. The van der Waals surface area contributed by atoms with Crippen LogP contribution in [0, 0.1) is 12.8 Å². The SMILES string of the molecule is Cc1ccc(-c2nc(CC3CCNC3)cs2)cc1. The Bertz CT molecular complexity index is 510. The molecule has 1 aromatic heterocycles. The quantitative estimate of drug-likeness (QED) is 0.914. The second-order valence-electron chi connectivity index (χ2n) is 5.07. The minimum Gasteiger partial charge on any atom is -0.316 e. The lowest BCUT2D eigenvalue weighted by atomic mass is 10.0. The number of hydrogen-bond acceptors (Lipinski definition) is 3. The molecule has 0 saturated carbocycles. The Labute approximate surface area is 112 Å². The van der Waals surface area contributed by atoms with Gasteiger partial charge in [0.2, 0.25) is 0 Å². The molecule has 0 bridgehead atoms. The molecule has 2 aromatic rings. The monoisotopic (exact) mass is 258 g/mol. The number of aromatic nitrogens is 1. The summed E-state index contributed by atoms with van der Waals surface area (Å²) in [5.41, 5.74) is 3.79. The van der Waals surface area contributed by atoms with Crippen LogP contribution in [0.2, 0.25) is 0 Å². The molecule has 18 heavy (non-hydrogen) atoms. The fourth-order valence-corrected chi connectivity index (χ4v) is 3.25. The van der Waals surface area contributed by atoms with Crippen LogP contribution in [0.4, 0.5) is 0 Å². The summed E-state index contributed by atoms with van der Waals surface area (Å²) >= 11 is 1.76. The molecule has 3 heteroatoms. The Kier molecular flexibility index (Phi) is 3.43. The van der Waals surface area contributed by atoms with E-state index in [0.717, 1.165) is 23.9 Å². The Morgan fingerprint density at radius 2 is 2.17 bits per heavy atom. The van der Waals surface area contributed by atoms with Crippen LogP contribution in [0.15, 0.2) is 29.6 Å². The minimum atomic E-state index is 0.776. The fraction of sp³-hybridized carbons (Fsp3) is 0.400. The summed E-state index contributed by atoms with van der Waals surface area (Å²) in [7, 11) is 0. The molecule has 1 aromatic carbocycles. The van der Waals surface area contributed by atoms with E-state index in [1.165, 1.54) is 29.8 Å². The van der Waals surface area contributed by atoms with Crippen LogP contribution in [0.3, 0.4) is 0 Å². The van der Waals surface area contributed by atoms with E-state index >= 15 is 0 Å². The number of thiazole rings is 1. The zero-order chi connectivity index (χ0) is 12.4. The van der Waals surface area contributed by atoms with Crippen LogP contribution >= 0.6 is 11.3 Å². The first-order chi connectivity index (χ1) is 8.81. The second kappa shape index (κ2) is 5.21. The van der Waals surface area contributed by atoms with Gasteiger partial charge in [0.25, 0.3) is 0 Å². The third-order valence-corrected chi connectivity index (χ3v) is 4.45. The number of aryl methyl sites for hydroxylation is 1. The Morgan fingerprint density at radius 3 is 2.89 bits per heavy atom. The van der Waals surface area contributed by atoms with Gasteiger partial charge in [-0.15, -0.1) is 11.3 Å². The zero-order valence-electron chi connectivity index (χ0n) is 10.6. The van der Waals surface area contributed by atoms with E-state index in [-0.39, 0.29) is 0 Å². The number of nitrogens with zero attached hydrogens (tertiary/aromatic N) is 1. The second-order valence-corrected chi connectivity index (χ2v) is 5.93. The predicted molar refractivity (Wildman–Crippen MR) is 77.0 cm³/mol. The lowest BCUT2D eigenvalue weighted by molar-refractivity contribution is 0.573. The lowest BCUT2D eigenvalue weighted by Crippen LogP contribution is -2.10. The van der Waals surface area contributed by atoms with Crippen molar-refractivity contribution in [3.8, 4) is 10.6 Å². The number of hydrogen-bond donors (Lipinski definition) is 1. The highest BCUT2D eigenvalue weighted by atomic mass is 32.1. The van der Waals surface area contributed by atoms with Crippen molar-refractivity contribution in [2.75, 3.05) is 13.1 Å². The molecule has 0 amide bonds. The fourth-order valence-electron chi connectivity index (χ4n) is 2.41. The smallest absolute Gasteiger partial charge is 0.123 e. The third kappa shape index (κ3) is 2.62. The van der Waals surface area contributed by atoms with Crippen molar-refractivity contribution < 1.29 is 0 Å². The molecule has 2 heterocycles. The normalized spacial score (nSPS) is 19.3. The van der Waals surface area contributed by atoms with Crippen molar-refractivity contribution in [1.82, 2.24) is 10.3 Å². The van der Waals surface area contributed by atoms with E-state index in [1.807, 2.05) is 0 Å². The van der Waals surface area contributed by atoms with E-state index < -0.39 is 0 Å². The van der Waals surface area contributed by atoms with Crippen molar-refractivity contribution in [3.05, 3.63) is 40.9 Å². The summed E-state index contributed by atoms with van der Waals surface area (Å²) in [5, 5.41) is 6.78. The van der Waals surface area contributed by atoms with E-state index in [4.69, 9.17) is 4.98 Å². The summed E-state index contributed by atoms with van der Waals surface area (Å²) in [6.45, 7) is 4.43. The first kappa shape index (κ1) is 11.9. The Hall–Kier alpha value is -1.19. The Balaban J connectivity index is 1.74. The molecule has 1 aliphatic rings. The average molecular weight is 258 g/mol. The van der Waals surface area contributed by atoms with E-state index in [2.05, 4.69) is 41.9 Å². The summed E-state index contributed by atoms with van der Waals surface area (Å²) in [4.78, 5) is 4.76. The average Bonchev–Trinajstić information content (AvgIpc) is 3.02. The van der Waals surface area contributed by atoms with Gasteiger partial charge in [0, 0.05) is 10.9 Å². The van der Waals surface area contributed by atoms with Crippen molar-refractivity contribution in [1.29, 1.82) is 0 Å². The largest absolute Gasteiger partial charge is 0.316 e. The highest BCUT2D eigenvalue weighted by molar-refractivity contribution is 7.13. The van der Waals surface area contributed by atoms with Crippen LogP contribution in [0.5, 0.6) is 0 Å². The first-order valence-corrected chi connectivity index (χ1v) is 7.41. The van der Waals surface area contributed by atoms with Crippen LogP contribution < -0.4 is 5.32 Å². The molecule has 2 nitrogen and oxygen atoms in total. The van der Waals surface area contributed by atoms with Crippen LogP contribution in [-0.4, -0.2) is 18.1 Å². The van der Waals surface area contributed by atoms with E-state index in [0.29, 0.717) is 0 Å². The summed E-state index contributed by atoms with van der Waals surface area (Å²) in [6, 6.07) is 8.62. The molecule has 0 spiro atoms. The zero-order valence-corrected chi connectivity index (χ0v) is 11.5. The van der Waals surface area contributed by atoms with Gasteiger partial charge >= 0.3 is 0 Å². The van der Waals surface area contributed by atoms with Gasteiger partial charge in [-0.25, -0.2) is 4.98 Å². The van der Waals surface area contributed by atoms with Gasteiger partial charge in [-0.2, -0.15) is 0 Å². The highest BCUT2D eigenvalue weighted by Gasteiger charge is 2.16. The van der Waals surface area contributed by atoms with Crippen LogP contribution in [0.25, 0.3) is 10.6 Å². The highest BCUT2D eigenvalue weighted by Crippen LogP contribution is 2.25. The van der Waals surface area contributed by atoms with Gasteiger partial charge in [0.15, 0.2) is 0 Å². The molecule has 0 radical (unpaired) electrons. The number of benzene rings is 1. The van der Waals surface area contributed by atoms with Crippen LogP contribution in [0.1, 0.15) is 17.7 Å². The predicted octanol–water partition coefficient (Wildman–Crippen LogP) is 3.27. The molecule has 1 aliphatic heterocycles. The van der Waals surface area contributed by atoms with E-state index in [9.17, 15) is 0 Å². The molecule has 0 aliphatic carbocycles. The van der Waals surface area contributed by atoms with Crippen LogP contribution in [-0.2, 0) is 6.42 Å². The maximum absolute atomic E-state index is 4.76. The molecule has 1 unspecified atom stereocenters. The summed E-state index contributed by atoms with van der Waals surface area (Å²) in [6.07, 6.45) is 2.41. The molecular weight excluding hydrogens is 240 g/mol. The number of nitrogens with one attached hydrogen (secondary N) is 1. The molecule has 1 fully saturated rings. The molecule has 1 N–H and O–H groups in total. The minimum absolute atomic E-state index is 0.776. The maximum Gasteiger partial charge on any atom is 0.123 e. The van der Waals surface area contributed by atoms with Gasteiger partial charge in [-0.05, 0) is 38.8 Å². The molecule has 94 valence electrons. The van der Waals surface area contributed by atoms with E-state index in [1.54, 1.807) is 11.3 Å². The van der Waals surface area contributed by atoms with Gasteiger partial charge in [-0.1, -0.05) is 29.8 Å². The number of rotatable bonds is 3. The maximum atomic E-state index is 4.76. The van der Waals surface area contributed by atoms with Gasteiger partial charge < -0.3 is 5.32 Å². The van der Waals surface area contributed by atoms with Gasteiger partial charge in [0.1, 0.15) is 5.01 Å². The van der Waals surface area contributed by atoms with Crippen molar-refractivity contribution in [3.63, 3.8) is 0 Å². The standard InChI is InChI=1S/C15H18N2S/c1-11-2-4-13(5-3-11)15-17-14(10-18-15)8-12-6-7-16-9-12/h2-5,10,12,16H,6-9H2,1H3. The lowest BCUT2D eigenvalue weighted by Gasteiger charge is -2.04. The van der Waals surface area contributed by atoms with Gasteiger partial charge in [-0.3, -0.25) is 0 Å². The molecule has 1 atom stereocenters. The Morgan fingerprint density at radius 1 is 1.33 bits per heavy atom. The topological polar surface area (TPSA) is 24.9 Å². The van der Waals surface area contributed by atoms with Crippen molar-refractivity contribution in [2.24, 2.45) is 5.92 Å². The molecule has 1 saturated heterocycles. The molecular formula is C15H18N2S. The van der Waals surface area contributed by atoms with Gasteiger partial charge in [0.05, 0.1) is 5.69 Å². The third-order valence-electron chi connectivity index (χ3n) is 3.51. The summed E-state index contributed by atoms with van der Waals surface area (Å²) in [5.74, 6) is 0.776. The van der Waals surface area contributed by atoms with Crippen molar-refractivity contribution in [2.45, 2.75) is 19.8 Å². The van der Waals surface area contributed by atoms with Crippen molar-refractivity contribution >= 4 is 11.3 Å². The molecule has 3 rings (SSSR count). The summed E-state index contributed by atoms with van der Waals surface area (Å²) < 4.78 is 0.